The highest BCUT2D eigenvalue weighted by Gasteiger charge is 2.45. The number of nitrogens with zero attached hydrogens (tertiary/aromatic N) is 3. The lowest BCUT2D eigenvalue weighted by Crippen LogP contribution is -2.58. The molecule has 0 radical (unpaired) electrons. The van der Waals surface area contributed by atoms with Crippen LogP contribution >= 0.6 is 34.8 Å². The lowest BCUT2D eigenvalue weighted by atomic mass is 9.86. The third-order valence-corrected chi connectivity index (χ3v) is 7.68. The first-order chi connectivity index (χ1) is 18.7. The van der Waals surface area contributed by atoms with Crippen molar-refractivity contribution in [3.63, 3.8) is 0 Å². The van der Waals surface area contributed by atoms with Gasteiger partial charge < -0.3 is 24.4 Å². The molecule has 1 aliphatic heterocycles. The van der Waals surface area contributed by atoms with Crippen molar-refractivity contribution < 1.29 is 24.3 Å². The molecular weight excluding hydrogens is 565 g/mol. The molecule has 2 aliphatic rings. The van der Waals surface area contributed by atoms with Crippen molar-refractivity contribution in [2.45, 2.75) is 44.3 Å². The van der Waals surface area contributed by atoms with Gasteiger partial charge in [-0.05, 0) is 50.1 Å². The van der Waals surface area contributed by atoms with Crippen LogP contribution in [0, 0.1) is 0 Å². The predicted molar refractivity (Wildman–Crippen MR) is 150 cm³/mol. The van der Waals surface area contributed by atoms with Crippen LogP contribution in [-0.4, -0.2) is 45.5 Å². The molecule has 0 spiro atoms. The minimum Gasteiger partial charge on any atom is -0.489 e. The number of rotatable bonds is 10. The molecule has 8 nitrogen and oxygen atoms in total. The molecule has 0 amide bonds. The van der Waals surface area contributed by atoms with Gasteiger partial charge in [-0.1, -0.05) is 52.1 Å². The number of ether oxygens (including phenoxy) is 1. The molecule has 1 aromatic heterocycles. The Labute approximate surface area is 240 Å². The van der Waals surface area contributed by atoms with E-state index in [-0.39, 0.29) is 26.1 Å². The monoisotopic (exact) mass is 589 g/mol. The number of aliphatic carboxylic acids is 1. The van der Waals surface area contributed by atoms with Gasteiger partial charge in [0.25, 0.3) is 0 Å². The minimum atomic E-state index is -1.21. The predicted octanol–water partition coefficient (Wildman–Crippen LogP) is 6.67. The maximum absolute atomic E-state index is 11.2. The Hall–Kier alpha value is -3.04. The van der Waals surface area contributed by atoms with E-state index in [4.69, 9.17) is 49.2 Å². The Kier molecular flexibility index (Phi) is 7.91. The molecular formula is C28H26Cl3N3O5. The first kappa shape index (κ1) is 27.5. The van der Waals surface area contributed by atoms with E-state index in [9.17, 15) is 9.90 Å². The summed E-state index contributed by atoms with van der Waals surface area (Å²) >= 11 is 19.5. The molecule has 2 heterocycles. The SMILES string of the molecule is C/C=N\C(=C/CC(=O)O)N1CC(O)(c2ccc(OCc3c(-c4c(Cl)cccc4Cl)noc3C3CC3)cc2Cl)C1. The van der Waals surface area contributed by atoms with E-state index in [1.54, 1.807) is 54.4 Å². The maximum Gasteiger partial charge on any atom is 0.307 e. The van der Waals surface area contributed by atoms with Crippen LogP contribution in [0.15, 0.2) is 57.8 Å². The van der Waals surface area contributed by atoms with E-state index in [0.29, 0.717) is 49.4 Å². The molecule has 5 rings (SSSR count). The number of hydrogen-bond acceptors (Lipinski definition) is 7. The van der Waals surface area contributed by atoms with Crippen LogP contribution in [0.3, 0.4) is 0 Å². The Morgan fingerprint density at radius 2 is 1.92 bits per heavy atom. The lowest BCUT2D eigenvalue weighted by Gasteiger charge is -2.48. The number of aromatic nitrogens is 1. The molecule has 1 saturated carbocycles. The summed E-state index contributed by atoms with van der Waals surface area (Å²) in [6, 6.07) is 10.4. The van der Waals surface area contributed by atoms with Crippen molar-refractivity contribution >= 4 is 47.0 Å². The van der Waals surface area contributed by atoms with Crippen molar-refractivity contribution in [2.24, 2.45) is 4.99 Å². The fraction of sp³-hybridized carbons (Fsp3) is 0.321. The first-order valence-electron chi connectivity index (χ1n) is 12.4. The number of carbonyl (C=O) groups is 1. The van der Waals surface area contributed by atoms with Crippen molar-refractivity contribution in [1.82, 2.24) is 10.1 Å². The van der Waals surface area contributed by atoms with Gasteiger partial charge in [-0.2, -0.15) is 0 Å². The van der Waals surface area contributed by atoms with Crippen molar-refractivity contribution in [3.8, 4) is 17.0 Å². The van der Waals surface area contributed by atoms with Crippen LogP contribution in [0.4, 0.5) is 0 Å². The number of likely N-dealkylation sites (tertiary alicyclic amines) is 1. The van der Waals surface area contributed by atoms with Crippen molar-refractivity contribution in [3.05, 3.63) is 80.3 Å². The van der Waals surface area contributed by atoms with Crippen LogP contribution in [0.5, 0.6) is 5.75 Å². The Balaban J connectivity index is 1.32. The summed E-state index contributed by atoms with van der Waals surface area (Å²) in [7, 11) is 0. The molecule has 0 atom stereocenters. The largest absolute Gasteiger partial charge is 0.489 e. The van der Waals surface area contributed by atoms with E-state index in [2.05, 4.69) is 10.1 Å². The number of β-amino-alcohol motifs (C(OH)–C–C–N with tert-alkyl or cyclic N) is 1. The van der Waals surface area contributed by atoms with E-state index < -0.39 is 11.6 Å². The summed E-state index contributed by atoms with van der Waals surface area (Å²) in [6.07, 6.45) is 4.98. The number of carboxylic acids is 1. The smallest absolute Gasteiger partial charge is 0.307 e. The summed E-state index contributed by atoms with van der Waals surface area (Å²) in [5.74, 6) is 1.12. The number of aliphatic hydroxyl groups is 1. The zero-order chi connectivity index (χ0) is 27.7. The second kappa shape index (κ2) is 11.2. The molecule has 2 aromatic carbocycles. The third-order valence-electron chi connectivity index (χ3n) is 6.74. The van der Waals surface area contributed by atoms with Crippen LogP contribution in [-0.2, 0) is 17.0 Å². The molecule has 0 bridgehead atoms. The normalized spacial score (nSPS) is 16.9. The minimum absolute atomic E-state index is 0.159. The van der Waals surface area contributed by atoms with Gasteiger partial charge in [-0.3, -0.25) is 4.79 Å². The first-order valence-corrected chi connectivity index (χ1v) is 13.6. The maximum atomic E-state index is 11.2. The number of carboxylic acid groups (broad SMARTS) is 1. The van der Waals surface area contributed by atoms with E-state index >= 15 is 0 Å². The molecule has 1 aliphatic carbocycles. The Bertz CT molecular complexity index is 1440. The van der Waals surface area contributed by atoms with Gasteiger partial charge in [0.1, 0.15) is 35.2 Å². The average molecular weight is 591 g/mol. The van der Waals surface area contributed by atoms with Crippen LogP contribution in [0.25, 0.3) is 11.3 Å². The summed E-state index contributed by atoms with van der Waals surface area (Å²) in [6.45, 7) is 2.37. The van der Waals surface area contributed by atoms with Gasteiger partial charge >= 0.3 is 5.97 Å². The van der Waals surface area contributed by atoms with E-state index in [1.807, 2.05) is 0 Å². The fourth-order valence-electron chi connectivity index (χ4n) is 4.66. The molecule has 0 unspecified atom stereocenters. The quantitative estimate of drug-likeness (QED) is 0.254. The number of aliphatic imine (C=N–C) groups is 1. The van der Waals surface area contributed by atoms with Gasteiger partial charge in [0.2, 0.25) is 0 Å². The van der Waals surface area contributed by atoms with Gasteiger partial charge in [0.15, 0.2) is 0 Å². The van der Waals surface area contributed by atoms with Crippen LogP contribution in [0.2, 0.25) is 15.1 Å². The number of hydrogen-bond donors (Lipinski definition) is 2. The second-order valence-electron chi connectivity index (χ2n) is 9.61. The molecule has 2 N–H and O–H groups in total. The highest BCUT2D eigenvalue weighted by molar-refractivity contribution is 6.39. The third kappa shape index (κ3) is 5.79. The van der Waals surface area contributed by atoms with Gasteiger partial charge in [-0.15, -0.1) is 0 Å². The molecule has 11 heteroatoms. The highest BCUT2D eigenvalue weighted by atomic mass is 35.5. The molecule has 204 valence electrons. The Morgan fingerprint density at radius 3 is 2.54 bits per heavy atom. The highest BCUT2D eigenvalue weighted by Crippen LogP contribution is 2.46. The summed E-state index contributed by atoms with van der Waals surface area (Å²) in [5.41, 5.74) is 1.30. The molecule has 39 heavy (non-hydrogen) atoms. The average Bonchev–Trinajstić information content (AvgIpc) is 3.63. The second-order valence-corrected chi connectivity index (χ2v) is 10.8. The summed E-state index contributed by atoms with van der Waals surface area (Å²) in [4.78, 5) is 17.0. The van der Waals surface area contributed by atoms with Crippen LogP contribution in [0.1, 0.15) is 49.0 Å². The Morgan fingerprint density at radius 1 is 1.21 bits per heavy atom. The van der Waals surface area contributed by atoms with Crippen molar-refractivity contribution in [1.29, 1.82) is 0 Å². The van der Waals surface area contributed by atoms with Crippen LogP contribution < -0.4 is 4.74 Å². The zero-order valence-electron chi connectivity index (χ0n) is 21.0. The van der Waals surface area contributed by atoms with E-state index in [0.717, 1.165) is 24.2 Å². The van der Waals surface area contributed by atoms with E-state index in [1.165, 1.54) is 6.08 Å². The summed E-state index contributed by atoms with van der Waals surface area (Å²) < 4.78 is 11.8. The topological polar surface area (TPSA) is 108 Å². The number of halogens is 3. The fourth-order valence-corrected chi connectivity index (χ4v) is 5.58. The molecule has 3 aromatic rings. The zero-order valence-corrected chi connectivity index (χ0v) is 23.3. The lowest BCUT2D eigenvalue weighted by molar-refractivity contribution is -0.136. The van der Waals surface area contributed by atoms with Gasteiger partial charge in [0.05, 0.1) is 40.1 Å². The van der Waals surface area contributed by atoms with Crippen molar-refractivity contribution in [2.75, 3.05) is 13.1 Å². The summed E-state index contributed by atoms with van der Waals surface area (Å²) in [5, 5.41) is 25.8. The number of benzene rings is 2. The van der Waals surface area contributed by atoms with Gasteiger partial charge in [0, 0.05) is 23.3 Å². The van der Waals surface area contributed by atoms with Gasteiger partial charge in [-0.25, -0.2) is 4.99 Å². The molecule has 2 fully saturated rings. The molecule has 1 saturated heterocycles. The standard InChI is InChI=1S/C28H26Cl3N3O5/c1-2-32-23(10-11-24(35)36)34-14-28(37,15-34)19-9-8-17(12-22(19)31)38-13-18-26(33-39-27(18)16-6-7-16)25-20(29)4-3-5-21(25)30/h2-5,8-10,12,16,37H,6-7,11,13-15H2,1H3,(H,35,36)/b23-10+,32-2-.